The van der Waals surface area contributed by atoms with E-state index in [1.54, 1.807) is 6.07 Å². The number of aliphatic hydroxyl groups is 1. The highest BCUT2D eigenvalue weighted by Gasteiger charge is 2.22. The van der Waals surface area contributed by atoms with Crippen molar-refractivity contribution in [2.45, 2.75) is 38.6 Å². The maximum absolute atomic E-state index is 9.26. The summed E-state index contributed by atoms with van der Waals surface area (Å²) in [6.07, 6.45) is 4.55. The number of unbranched alkanes of at least 4 members (excludes halogenated alkanes) is 1. The summed E-state index contributed by atoms with van der Waals surface area (Å²) >= 11 is 5.89. The van der Waals surface area contributed by atoms with Crippen molar-refractivity contribution in [2.75, 3.05) is 31.6 Å². The maximum atomic E-state index is 9.26. The standard InChI is InChI=1S/C14H23ClN4O/c1-11-17-13(15)9-14(18-11)16-6-2-3-7-19-8-4-5-12(19)10-20/h9,12,20H,2-8,10H2,1H3,(H,16,17,18)/t12-/m0/s1. The second-order valence-electron chi connectivity index (χ2n) is 5.27. The van der Waals surface area contributed by atoms with E-state index in [0.717, 1.165) is 44.7 Å². The monoisotopic (exact) mass is 298 g/mol. The van der Waals surface area contributed by atoms with Crippen LogP contribution in [0.15, 0.2) is 6.07 Å². The first-order valence-corrected chi connectivity index (χ1v) is 7.67. The smallest absolute Gasteiger partial charge is 0.134 e. The Kier molecular flexibility index (Phi) is 6.01. The molecule has 20 heavy (non-hydrogen) atoms. The predicted molar refractivity (Wildman–Crippen MR) is 81.2 cm³/mol. The molecule has 2 rings (SSSR count). The molecular weight excluding hydrogens is 276 g/mol. The van der Waals surface area contributed by atoms with Crippen LogP contribution < -0.4 is 5.32 Å². The van der Waals surface area contributed by atoms with Gasteiger partial charge in [-0.05, 0) is 45.7 Å². The number of anilines is 1. The molecule has 1 atom stereocenters. The third kappa shape index (κ3) is 4.58. The van der Waals surface area contributed by atoms with Gasteiger partial charge in [0.2, 0.25) is 0 Å². The third-order valence-electron chi connectivity index (χ3n) is 3.69. The summed E-state index contributed by atoms with van der Waals surface area (Å²) in [6, 6.07) is 2.13. The Bertz CT molecular complexity index is 409. The molecule has 1 aromatic heterocycles. The average Bonchev–Trinajstić information content (AvgIpc) is 2.84. The Balaban J connectivity index is 1.64. The number of halogens is 1. The van der Waals surface area contributed by atoms with Crippen molar-refractivity contribution >= 4 is 17.4 Å². The summed E-state index contributed by atoms with van der Waals surface area (Å²) in [5.41, 5.74) is 0. The predicted octanol–water partition coefficient (Wildman–Crippen LogP) is 2.09. The molecule has 0 spiro atoms. The number of aryl methyl sites for hydroxylation is 1. The summed E-state index contributed by atoms with van der Waals surface area (Å²) in [4.78, 5) is 10.7. The molecule has 6 heteroatoms. The average molecular weight is 299 g/mol. The van der Waals surface area contributed by atoms with Crippen molar-refractivity contribution in [3.63, 3.8) is 0 Å². The van der Waals surface area contributed by atoms with Crippen LogP contribution in [-0.2, 0) is 0 Å². The van der Waals surface area contributed by atoms with E-state index in [1.807, 2.05) is 6.92 Å². The molecule has 0 bridgehead atoms. The summed E-state index contributed by atoms with van der Waals surface area (Å²) in [7, 11) is 0. The maximum Gasteiger partial charge on any atom is 0.134 e. The molecule has 0 amide bonds. The highest BCUT2D eigenvalue weighted by molar-refractivity contribution is 6.29. The van der Waals surface area contributed by atoms with E-state index in [9.17, 15) is 5.11 Å². The quantitative estimate of drug-likeness (QED) is 0.596. The van der Waals surface area contributed by atoms with Gasteiger partial charge in [0.05, 0.1) is 6.61 Å². The van der Waals surface area contributed by atoms with Crippen LogP contribution in [0, 0.1) is 6.92 Å². The summed E-state index contributed by atoms with van der Waals surface area (Å²) < 4.78 is 0. The zero-order chi connectivity index (χ0) is 14.4. The minimum absolute atomic E-state index is 0.289. The zero-order valence-corrected chi connectivity index (χ0v) is 12.7. The van der Waals surface area contributed by atoms with Gasteiger partial charge in [-0.15, -0.1) is 0 Å². The molecule has 1 aliphatic heterocycles. The van der Waals surface area contributed by atoms with E-state index in [-0.39, 0.29) is 6.61 Å². The lowest BCUT2D eigenvalue weighted by atomic mass is 10.2. The van der Waals surface area contributed by atoms with Crippen LogP contribution in [0.25, 0.3) is 0 Å². The minimum atomic E-state index is 0.289. The van der Waals surface area contributed by atoms with Gasteiger partial charge in [0.25, 0.3) is 0 Å². The molecule has 2 N–H and O–H groups in total. The number of aromatic nitrogens is 2. The number of aliphatic hydroxyl groups excluding tert-OH is 1. The largest absolute Gasteiger partial charge is 0.395 e. The van der Waals surface area contributed by atoms with Gasteiger partial charge in [-0.3, -0.25) is 4.90 Å². The molecule has 0 aliphatic carbocycles. The van der Waals surface area contributed by atoms with Crippen LogP contribution >= 0.6 is 11.6 Å². The number of hydrogen-bond acceptors (Lipinski definition) is 5. The Morgan fingerprint density at radius 1 is 1.45 bits per heavy atom. The van der Waals surface area contributed by atoms with E-state index in [1.165, 1.54) is 6.42 Å². The fourth-order valence-corrected chi connectivity index (χ4v) is 2.90. The van der Waals surface area contributed by atoms with E-state index in [4.69, 9.17) is 11.6 Å². The number of rotatable bonds is 7. The van der Waals surface area contributed by atoms with Crippen LogP contribution in [-0.4, -0.2) is 52.3 Å². The first kappa shape index (κ1) is 15.5. The first-order chi connectivity index (χ1) is 9.69. The number of nitrogens with one attached hydrogen (secondary N) is 1. The van der Waals surface area contributed by atoms with Crippen LogP contribution in [0.2, 0.25) is 5.15 Å². The van der Waals surface area contributed by atoms with Gasteiger partial charge in [-0.2, -0.15) is 0 Å². The second-order valence-corrected chi connectivity index (χ2v) is 5.66. The van der Waals surface area contributed by atoms with E-state index in [0.29, 0.717) is 17.0 Å². The van der Waals surface area contributed by atoms with Crippen LogP contribution in [0.1, 0.15) is 31.5 Å². The van der Waals surface area contributed by atoms with Crippen LogP contribution in [0.3, 0.4) is 0 Å². The van der Waals surface area contributed by atoms with Crippen molar-refractivity contribution in [2.24, 2.45) is 0 Å². The molecule has 1 saturated heterocycles. The van der Waals surface area contributed by atoms with Gasteiger partial charge < -0.3 is 10.4 Å². The molecule has 2 heterocycles. The van der Waals surface area contributed by atoms with Crippen molar-refractivity contribution in [3.8, 4) is 0 Å². The van der Waals surface area contributed by atoms with Crippen molar-refractivity contribution in [1.29, 1.82) is 0 Å². The molecule has 112 valence electrons. The van der Waals surface area contributed by atoms with Gasteiger partial charge in [0, 0.05) is 18.7 Å². The van der Waals surface area contributed by atoms with E-state index >= 15 is 0 Å². The van der Waals surface area contributed by atoms with E-state index in [2.05, 4.69) is 20.2 Å². The minimum Gasteiger partial charge on any atom is -0.395 e. The van der Waals surface area contributed by atoms with Gasteiger partial charge in [0.1, 0.15) is 16.8 Å². The molecule has 0 aromatic carbocycles. The zero-order valence-electron chi connectivity index (χ0n) is 12.0. The lowest BCUT2D eigenvalue weighted by Gasteiger charge is -2.22. The van der Waals surface area contributed by atoms with Crippen molar-refractivity contribution in [1.82, 2.24) is 14.9 Å². The van der Waals surface area contributed by atoms with Crippen LogP contribution in [0.5, 0.6) is 0 Å². The van der Waals surface area contributed by atoms with E-state index < -0.39 is 0 Å². The van der Waals surface area contributed by atoms with Gasteiger partial charge in [-0.1, -0.05) is 11.6 Å². The molecule has 0 unspecified atom stereocenters. The van der Waals surface area contributed by atoms with Gasteiger partial charge in [0.15, 0.2) is 0 Å². The van der Waals surface area contributed by atoms with Gasteiger partial charge >= 0.3 is 0 Å². The Morgan fingerprint density at radius 2 is 2.30 bits per heavy atom. The number of hydrogen-bond donors (Lipinski definition) is 2. The fraction of sp³-hybridized carbons (Fsp3) is 0.714. The number of nitrogens with zero attached hydrogens (tertiary/aromatic N) is 3. The lowest BCUT2D eigenvalue weighted by Crippen LogP contribution is -2.33. The number of likely N-dealkylation sites (tertiary alicyclic amines) is 1. The highest BCUT2D eigenvalue weighted by atomic mass is 35.5. The first-order valence-electron chi connectivity index (χ1n) is 7.29. The van der Waals surface area contributed by atoms with Crippen molar-refractivity contribution < 1.29 is 5.11 Å². The molecule has 0 saturated carbocycles. The molecule has 1 fully saturated rings. The molecule has 5 nitrogen and oxygen atoms in total. The SMILES string of the molecule is Cc1nc(Cl)cc(NCCCCN2CCC[C@H]2CO)n1. The molecule has 1 aliphatic rings. The fourth-order valence-electron chi connectivity index (χ4n) is 2.67. The second kappa shape index (κ2) is 7.76. The normalized spacial score (nSPS) is 19.4. The Morgan fingerprint density at radius 3 is 3.05 bits per heavy atom. The molecule has 0 radical (unpaired) electrons. The topological polar surface area (TPSA) is 61.3 Å². The Labute approximate surface area is 125 Å². The lowest BCUT2D eigenvalue weighted by molar-refractivity contribution is 0.157. The van der Waals surface area contributed by atoms with Crippen LogP contribution in [0.4, 0.5) is 5.82 Å². The highest BCUT2D eigenvalue weighted by Crippen LogP contribution is 2.17. The third-order valence-corrected chi connectivity index (χ3v) is 3.89. The summed E-state index contributed by atoms with van der Waals surface area (Å²) in [5, 5.41) is 13.0. The van der Waals surface area contributed by atoms with Crippen molar-refractivity contribution in [3.05, 3.63) is 17.0 Å². The van der Waals surface area contributed by atoms with Gasteiger partial charge in [-0.25, -0.2) is 9.97 Å². The summed E-state index contributed by atoms with van der Waals surface area (Å²) in [5.74, 6) is 1.47. The Hall–Kier alpha value is -0.910. The molecule has 1 aromatic rings. The summed E-state index contributed by atoms with van der Waals surface area (Å²) in [6.45, 7) is 5.19. The molecular formula is C14H23ClN4O.